The highest BCUT2D eigenvalue weighted by Gasteiger charge is 2.17. The maximum absolute atomic E-state index is 8.47. The van der Waals surface area contributed by atoms with Crippen molar-refractivity contribution >= 4 is 35.0 Å². The Morgan fingerprint density at radius 3 is 2.29 bits per heavy atom. The fourth-order valence-corrected chi connectivity index (χ4v) is 4.43. The van der Waals surface area contributed by atoms with Crippen LogP contribution in [0, 0.1) is 4.91 Å². The van der Waals surface area contributed by atoms with E-state index in [1.165, 1.54) is 9.79 Å². The monoisotopic (exact) mass is 518 g/mol. The summed E-state index contributed by atoms with van der Waals surface area (Å²) in [6.07, 6.45) is 5.22. The summed E-state index contributed by atoms with van der Waals surface area (Å²) in [4.78, 5) is 15.0. The van der Waals surface area contributed by atoms with Crippen LogP contribution in [-0.2, 0) is 17.9 Å². The van der Waals surface area contributed by atoms with Crippen molar-refractivity contribution in [3.05, 3.63) is 118 Å². The molecule has 0 aliphatic heterocycles. The van der Waals surface area contributed by atoms with Gasteiger partial charge in [0.15, 0.2) is 0 Å². The van der Waals surface area contributed by atoms with Crippen LogP contribution >= 0.6 is 35.0 Å². The van der Waals surface area contributed by atoms with Crippen LogP contribution in [0.15, 0.2) is 101 Å². The minimum Gasteiger partial charge on any atom is -0.367 e. The second-order valence-electron chi connectivity index (χ2n) is 7.04. The Hall–Kier alpha value is -3.04. The molecule has 4 rings (SSSR count). The Labute approximate surface area is 211 Å². The summed E-state index contributed by atoms with van der Waals surface area (Å²) in [5, 5.41) is 13.7. The molecule has 1 atom stereocenters. The number of hydrogen-bond acceptors (Lipinski definition) is 4. The summed E-state index contributed by atoms with van der Waals surface area (Å²) in [6, 6.07) is 24.3. The molecule has 0 bridgehead atoms. The Bertz CT molecular complexity index is 1170. The first kappa shape index (κ1) is 25.6. The molecule has 0 fully saturated rings. The van der Waals surface area contributed by atoms with Gasteiger partial charge in [-0.1, -0.05) is 71.4 Å². The van der Waals surface area contributed by atoms with Crippen LogP contribution in [0.3, 0.4) is 0 Å². The number of rotatable bonds is 8. The van der Waals surface area contributed by atoms with E-state index in [1.54, 1.807) is 30.4 Å². The Morgan fingerprint density at radius 2 is 1.68 bits per heavy atom. The van der Waals surface area contributed by atoms with E-state index in [2.05, 4.69) is 41.4 Å². The zero-order valence-corrected chi connectivity index (χ0v) is 20.2. The lowest BCUT2D eigenvalue weighted by Crippen LogP contribution is -2.12. The van der Waals surface area contributed by atoms with E-state index in [-0.39, 0.29) is 6.10 Å². The van der Waals surface area contributed by atoms with Crippen molar-refractivity contribution in [2.24, 2.45) is 0 Å². The summed E-state index contributed by atoms with van der Waals surface area (Å²) in [5.74, 6) is 0. The summed E-state index contributed by atoms with van der Waals surface area (Å²) in [6.45, 7) is 1.10. The third kappa shape index (κ3) is 8.39. The van der Waals surface area contributed by atoms with Gasteiger partial charge in [-0.2, -0.15) is 0 Å². The number of hydrogen-bond donors (Lipinski definition) is 2. The first-order valence-electron chi connectivity index (χ1n) is 10.1. The van der Waals surface area contributed by atoms with Crippen LogP contribution in [0.25, 0.3) is 0 Å². The molecule has 0 radical (unpaired) electrons. The standard InChI is InChI=1S/C24H20Cl2N2OS.H2NO3/c25-19-8-11-22(23(26)14-19)24(15-28-13-12-27-17-28)29-16-18-6-9-21(10-7-18)30-20-4-2-1-3-5-20;2-1(3)4/h1-14,17,24H,15-16H2;(H2,2,3,4)/q;+1. The minimum atomic E-state index is -1.25. The van der Waals surface area contributed by atoms with Gasteiger partial charge in [0.1, 0.15) is 11.0 Å². The van der Waals surface area contributed by atoms with Gasteiger partial charge in [-0.3, -0.25) is 0 Å². The highest BCUT2D eigenvalue weighted by Crippen LogP contribution is 2.31. The van der Waals surface area contributed by atoms with Crippen LogP contribution in [0.5, 0.6) is 0 Å². The largest absolute Gasteiger partial charge is 0.472 e. The number of halogens is 2. The van der Waals surface area contributed by atoms with Crippen molar-refractivity contribution in [3.8, 4) is 0 Å². The van der Waals surface area contributed by atoms with Crippen molar-refractivity contribution in [1.82, 2.24) is 9.55 Å². The van der Waals surface area contributed by atoms with E-state index in [9.17, 15) is 0 Å². The lowest BCUT2D eigenvalue weighted by atomic mass is 10.1. The Kier molecular flexibility index (Phi) is 9.78. The average Bonchev–Trinajstić information content (AvgIpc) is 3.31. The second-order valence-corrected chi connectivity index (χ2v) is 9.03. The molecule has 3 aromatic carbocycles. The molecule has 2 N–H and O–H groups in total. The fraction of sp³-hybridized carbons (Fsp3) is 0.125. The SMILES string of the molecule is Clc1ccc(C(Cn2ccnc2)OCc2ccc(Sc3ccccc3)cc2)c(Cl)c1.O=[N+](O)O. The lowest BCUT2D eigenvalue weighted by molar-refractivity contribution is -0.969. The first-order valence-corrected chi connectivity index (χ1v) is 11.7. The molecule has 0 amide bonds. The summed E-state index contributed by atoms with van der Waals surface area (Å²) >= 11 is 14.3. The second kappa shape index (κ2) is 13.0. The van der Waals surface area contributed by atoms with Gasteiger partial charge in [0.2, 0.25) is 0 Å². The average molecular weight is 519 g/mol. The molecule has 34 heavy (non-hydrogen) atoms. The Balaban J connectivity index is 0.000000751. The summed E-state index contributed by atoms with van der Waals surface area (Å²) in [7, 11) is 0. The zero-order chi connectivity index (χ0) is 24.3. The molecule has 0 aliphatic carbocycles. The van der Waals surface area contributed by atoms with Gasteiger partial charge in [-0.05, 0) is 42.0 Å². The quantitative estimate of drug-likeness (QED) is 0.248. The van der Waals surface area contributed by atoms with Gasteiger partial charge >= 0.3 is 5.09 Å². The number of imidazole rings is 1. The van der Waals surface area contributed by atoms with E-state index in [1.807, 2.05) is 41.1 Å². The van der Waals surface area contributed by atoms with E-state index in [0.29, 0.717) is 23.2 Å². The van der Waals surface area contributed by atoms with Gasteiger partial charge in [-0.15, -0.1) is 0 Å². The van der Waals surface area contributed by atoms with Crippen molar-refractivity contribution < 1.29 is 20.2 Å². The smallest absolute Gasteiger partial charge is 0.367 e. The number of aromatic nitrogens is 2. The zero-order valence-electron chi connectivity index (χ0n) is 17.9. The maximum Gasteiger partial charge on any atom is 0.472 e. The number of benzene rings is 3. The molecule has 10 heteroatoms. The predicted molar refractivity (Wildman–Crippen MR) is 130 cm³/mol. The van der Waals surface area contributed by atoms with Crippen molar-refractivity contribution in [3.63, 3.8) is 0 Å². The van der Waals surface area contributed by atoms with E-state index in [4.69, 9.17) is 43.3 Å². The van der Waals surface area contributed by atoms with E-state index < -0.39 is 5.09 Å². The van der Waals surface area contributed by atoms with Gasteiger partial charge in [0, 0.05) is 37.8 Å². The molecular weight excluding hydrogens is 497 g/mol. The van der Waals surface area contributed by atoms with Crippen molar-refractivity contribution in [2.75, 3.05) is 0 Å². The summed E-state index contributed by atoms with van der Waals surface area (Å²) < 4.78 is 8.26. The number of ether oxygens (including phenoxy) is 1. The molecule has 1 unspecified atom stereocenters. The molecule has 0 saturated heterocycles. The van der Waals surface area contributed by atoms with Crippen LogP contribution in [0.1, 0.15) is 17.2 Å². The maximum atomic E-state index is 8.47. The molecule has 0 aliphatic rings. The molecule has 0 saturated carbocycles. The van der Waals surface area contributed by atoms with Crippen LogP contribution < -0.4 is 0 Å². The van der Waals surface area contributed by atoms with Crippen LogP contribution in [0.4, 0.5) is 0 Å². The fourth-order valence-electron chi connectivity index (χ4n) is 3.06. The highest BCUT2D eigenvalue weighted by atomic mass is 35.5. The predicted octanol–water partition coefficient (Wildman–Crippen LogP) is 6.84. The molecular formula is C24H22Cl2N3O4S+. The van der Waals surface area contributed by atoms with Crippen molar-refractivity contribution in [2.45, 2.75) is 29.0 Å². The first-order chi connectivity index (χ1) is 16.4. The van der Waals surface area contributed by atoms with Gasteiger partial charge in [0.25, 0.3) is 0 Å². The number of nitrogens with zero attached hydrogens (tertiary/aromatic N) is 3. The highest BCUT2D eigenvalue weighted by molar-refractivity contribution is 7.99. The van der Waals surface area contributed by atoms with E-state index >= 15 is 0 Å². The molecule has 7 nitrogen and oxygen atoms in total. The van der Waals surface area contributed by atoms with Gasteiger partial charge in [0.05, 0.1) is 19.5 Å². The molecule has 1 aromatic heterocycles. The van der Waals surface area contributed by atoms with Crippen LogP contribution in [-0.4, -0.2) is 25.1 Å². The topological polar surface area (TPSA) is 87.6 Å². The molecule has 176 valence electrons. The molecule has 1 heterocycles. The van der Waals surface area contributed by atoms with E-state index in [0.717, 1.165) is 11.1 Å². The van der Waals surface area contributed by atoms with Gasteiger partial charge < -0.3 is 9.30 Å². The molecule has 4 aromatic rings. The van der Waals surface area contributed by atoms with Crippen molar-refractivity contribution in [1.29, 1.82) is 0 Å². The lowest BCUT2D eigenvalue weighted by Gasteiger charge is -2.20. The Morgan fingerprint density at radius 1 is 1.00 bits per heavy atom. The summed E-state index contributed by atoms with van der Waals surface area (Å²) in [5.41, 5.74) is 2.01. The normalized spacial score (nSPS) is 11.4. The molecule has 0 spiro atoms. The third-order valence-electron chi connectivity index (χ3n) is 4.60. The third-order valence-corrected chi connectivity index (χ3v) is 6.18. The van der Waals surface area contributed by atoms with Gasteiger partial charge in [-0.25, -0.2) is 15.4 Å². The minimum absolute atomic E-state index is 0.220. The van der Waals surface area contributed by atoms with Crippen LogP contribution in [0.2, 0.25) is 10.0 Å².